The molecule has 4 aromatic rings. The molecule has 5 rings (SSSR count). The summed E-state index contributed by atoms with van der Waals surface area (Å²) in [5.74, 6) is 1.22. The van der Waals surface area contributed by atoms with E-state index in [0.29, 0.717) is 34.4 Å². The first-order valence-corrected chi connectivity index (χ1v) is 11.9. The Morgan fingerprint density at radius 1 is 1.22 bits per heavy atom. The smallest absolute Gasteiger partial charge is 0.209 e. The van der Waals surface area contributed by atoms with E-state index in [2.05, 4.69) is 33.3 Å². The number of hydrogen-bond donors (Lipinski definition) is 1. The quantitative estimate of drug-likeness (QED) is 0.393. The number of aromatic nitrogens is 2. The highest BCUT2D eigenvalue weighted by molar-refractivity contribution is 5.93. The van der Waals surface area contributed by atoms with Crippen molar-refractivity contribution in [3.63, 3.8) is 0 Å². The highest BCUT2D eigenvalue weighted by Gasteiger charge is 2.21. The van der Waals surface area contributed by atoms with Gasteiger partial charge in [0.1, 0.15) is 23.0 Å². The molecule has 0 radical (unpaired) electrons. The summed E-state index contributed by atoms with van der Waals surface area (Å²) in [6.45, 7) is 2.04. The number of rotatable bonds is 6. The molecule has 1 saturated heterocycles. The van der Waals surface area contributed by atoms with Gasteiger partial charge in [0.25, 0.3) is 0 Å². The van der Waals surface area contributed by atoms with E-state index in [9.17, 15) is 10.1 Å². The number of carbonyl (C=O) groups excluding carboxylic acids is 1. The number of fused-ring (bicyclic) bond motifs is 1. The largest absolute Gasteiger partial charge is 0.494 e. The second-order valence-corrected chi connectivity index (χ2v) is 9.07. The number of carbonyl (C=O) groups is 1. The Kier molecular flexibility index (Phi) is 8.01. The fourth-order valence-corrected chi connectivity index (χ4v) is 4.23. The molecule has 9 nitrogen and oxygen atoms in total. The molecule has 0 spiro atoms. The molecule has 1 amide bonds. The Labute approximate surface area is 216 Å². The summed E-state index contributed by atoms with van der Waals surface area (Å²) < 4.78 is 11.6. The number of nitriles is 1. The van der Waals surface area contributed by atoms with Crippen molar-refractivity contribution in [1.29, 1.82) is 5.26 Å². The van der Waals surface area contributed by atoms with E-state index in [1.807, 2.05) is 42.5 Å². The minimum atomic E-state index is 0.353. The minimum Gasteiger partial charge on any atom is -0.494 e. The Bertz CT molecular complexity index is 1430. The van der Waals surface area contributed by atoms with Crippen LogP contribution in [0.2, 0.25) is 0 Å². The van der Waals surface area contributed by atoms with E-state index < -0.39 is 0 Å². The molecule has 1 N–H and O–H groups in total. The van der Waals surface area contributed by atoms with Crippen LogP contribution >= 0.6 is 0 Å². The number of pyridine rings is 2. The predicted molar refractivity (Wildman–Crippen MR) is 143 cm³/mol. The Balaban J connectivity index is 0.000000586. The first kappa shape index (κ1) is 25.7. The highest BCUT2D eigenvalue weighted by atomic mass is 16.5. The lowest BCUT2D eigenvalue weighted by Gasteiger charge is -2.16. The number of nitrogens with zero attached hydrogens (tertiary/aromatic N) is 5. The molecule has 1 aliphatic heterocycles. The van der Waals surface area contributed by atoms with Crippen LogP contribution in [0.1, 0.15) is 12.0 Å². The molecule has 0 aliphatic carbocycles. The van der Waals surface area contributed by atoms with Gasteiger partial charge in [-0.25, -0.2) is 4.98 Å². The van der Waals surface area contributed by atoms with Crippen LogP contribution in [0, 0.1) is 11.3 Å². The SMILES string of the molecule is CN(C)C=O.COc1cccnc1-c1cc2nccc(-c3ccc(NC4CCN(C)C4)c(C#N)c3)c2o1. The van der Waals surface area contributed by atoms with Crippen molar-refractivity contribution in [3.05, 3.63) is 60.4 Å². The van der Waals surface area contributed by atoms with E-state index in [1.165, 1.54) is 4.90 Å². The average molecular weight is 499 g/mol. The van der Waals surface area contributed by atoms with Gasteiger partial charge in [0.15, 0.2) is 11.3 Å². The Morgan fingerprint density at radius 3 is 2.70 bits per heavy atom. The number of likely N-dealkylation sites (N-methyl/N-ethyl adjacent to an activating group) is 1. The van der Waals surface area contributed by atoms with Crippen LogP contribution in [0.5, 0.6) is 5.75 Å². The topological polar surface area (TPSA) is 108 Å². The van der Waals surface area contributed by atoms with Crippen LogP contribution in [0.4, 0.5) is 5.69 Å². The van der Waals surface area contributed by atoms with E-state index in [0.717, 1.165) is 48.3 Å². The molecule has 1 aliphatic rings. The van der Waals surface area contributed by atoms with Gasteiger partial charge >= 0.3 is 0 Å². The van der Waals surface area contributed by atoms with Gasteiger partial charge < -0.3 is 24.3 Å². The zero-order valence-electron chi connectivity index (χ0n) is 21.4. The molecular weight excluding hydrogens is 468 g/mol. The van der Waals surface area contributed by atoms with Crippen molar-refractivity contribution < 1.29 is 13.9 Å². The molecule has 1 atom stereocenters. The number of anilines is 1. The van der Waals surface area contributed by atoms with Crippen LogP contribution in [0.3, 0.4) is 0 Å². The third-order valence-electron chi connectivity index (χ3n) is 6.05. The van der Waals surface area contributed by atoms with Crippen molar-refractivity contribution in [1.82, 2.24) is 19.8 Å². The van der Waals surface area contributed by atoms with Gasteiger partial charge in [0.2, 0.25) is 6.41 Å². The second-order valence-electron chi connectivity index (χ2n) is 9.07. The van der Waals surface area contributed by atoms with E-state index in [-0.39, 0.29) is 0 Å². The second kappa shape index (κ2) is 11.5. The van der Waals surface area contributed by atoms with Crippen molar-refractivity contribution >= 4 is 23.2 Å². The van der Waals surface area contributed by atoms with Gasteiger partial charge in [-0.3, -0.25) is 9.78 Å². The number of benzene rings is 1. The Hall–Kier alpha value is -4.42. The maximum absolute atomic E-state index is 9.78. The minimum absolute atomic E-state index is 0.353. The van der Waals surface area contributed by atoms with Crippen LogP contribution in [-0.2, 0) is 4.79 Å². The number of methoxy groups -OCH3 is 1. The molecule has 37 heavy (non-hydrogen) atoms. The van der Waals surface area contributed by atoms with Crippen molar-refractivity contribution in [2.45, 2.75) is 12.5 Å². The molecule has 3 aromatic heterocycles. The van der Waals surface area contributed by atoms with E-state index in [4.69, 9.17) is 9.15 Å². The van der Waals surface area contributed by atoms with Crippen LogP contribution in [0.15, 0.2) is 59.3 Å². The lowest BCUT2D eigenvalue weighted by atomic mass is 10.0. The molecule has 4 heterocycles. The summed E-state index contributed by atoms with van der Waals surface area (Å²) in [4.78, 5) is 22.0. The number of nitrogens with one attached hydrogen (secondary N) is 1. The van der Waals surface area contributed by atoms with Crippen LogP contribution < -0.4 is 10.1 Å². The summed E-state index contributed by atoms with van der Waals surface area (Å²) in [7, 11) is 7.10. The average Bonchev–Trinajstić information content (AvgIpc) is 3.54. The summed E-state index contributed by atoms with van der Waals surface area (Å²) in [5, 5.41) is 13.3. The van der Waals surface area contributed by atoms with Gasteiger partial charge in [0.05, 0.1) is 18.4 Å². The molecule has 190 valence electrons. The molecule has 0 bridgehead atoms. The van der Waals surface area contributed by atoms with Crippen LogP contribution in [-0.4, -0.2) is 73.6 Å². The highest BCUT2D eigenvalue weighted by Crippen LogP contribution is 2.36. The maximum Gasteiger partial charge on any atom is 0.209 e. The molecule has 1 unspecified atom stereocenters. The van der Waals surface area contributed by atoms with Crippen molar-refractivity contribution in [3.8, 4) is 34.4 Å². The van der Waals surface area contributed by atoms with Gasteiger partial charge in [-0.2, -0.15) is 5.26 Å². The van der Waals surface area contributed by atoms with Gasteiger partial charge in [0, 0.05) is 50.7 Å². The summed E-state index contributed by atoms with van der Waals surface area (Å²) in [6.07, 6.45) is 5.27. The first-order chi connectivity index (χ1) is 17.9. The van der Waals surface area contributed by atoms with Gasteiger partial charge in [-0.1, -0.05) is 6.07 Å². The number of hydrogen-bond acceptors (Lipinski definition) is 8. The van der Waals surface area contributed by atoms with E-state index in [1.54, 1.807) is 33.6 Å². The van der Waals surface area contributed by atoms with Gasteiger partial charge in [-0.05, 0) is 55.9 Å². The Morgan fingerprint density at radius 2 is 2.03 bits per heavy atom. The molecule has 9 heteroatoms. The summed E-state index contributed by atoms with van der Waals surface area (Å²) >= 11 is 0. The number of furan rings is 1. The number of amides is 1. The monoisotopic (exact) mass is 498 g/mol. The lowest BCUT2D eigenvalue weighted by molar-refractivity contribution is -0.115. The van der Waals surface area contributed by atoms with E-state index >= 15 is 0 Å². The zero-order chi connectivity index (χ0) is 26.4. The maximum atomic E-state index is 9.78. The fraction of sp³-hybridized carbons (Fsp3) is 0.286. The lowest BCUT2D eigenvalue weighted by Crippen LogP contribution is -2.23. The third kappa shape index (κ3) is 5.88. The van der Waals surface area contributed by atoms with Crippen molar-refractivity contribution in [2.24, 2.45) is 0 Å². The molecular formula is C28H30N6O3. The molecule has 1 aromatic carbocycles. The molecule has 1 fully saturated rings. The summed E-state index contributed by atoms with van der Waals surface area (Å²) in [6, 6.07) is 16.0. The normalized spacial score (nSPS) is 14.9. The number of likely N-dealkylation sites (tertiary alicyclic amines) is 1. The number of ether oxygens (including phenoxy) is 1. The van der Waals surface area contributed by atoms with Gasteiger partial charge in [-0.15, -0.1) is 0 Å². The standard InChI is InChI=1S/C25H23N5O2.C3H7NO/c1-30-11-8-18(15-30)29-20-6-5-16(12-17(20)14-26)19-7-10-27-21-13-23(32-25(19)21)24-22(31-2)4-3-9-28-24;1-4(2)3-5/h3-7,9-10,12-13,18,29H,8,11,15H2,1-2H3;3H,1-2H3. The third-order valence-corrected chi connectivity index (χ3v) is 6.05. The van der Waals surface area contributed by atoms with Crippen molar-refractivity contribution in [2.75, 3.05) is 46.7 Å². The predicted octanol–water partition coefficient (Wildman–Crippen LogP) is 4.26. The fourth-order valence-electron chi connectivity index (χ4n) is 4.23. The molecule has 0 saturated carbocycles. The zero-order valence-corrected chi connectivity index (χ0v) is 21.4. The first-order valence-electron chi connectivity index (χ1n) is 11.9. The van der Waals surface area contributed by atoms with Crippen LogP contribution in [0.25, 0.3) is 33.7 Å². The summed E-state index contributed by atoms with van der Waals surface area (Å²) in [5.41, 5.74) is 5.24.